The van der Waals surface area contributed by atoms with E-state index in [1.165, 1.54) is 41.5 Å². The van der Waals surface area contributed by atoms with Gasteiger partial charge in [0.2, 0.25) is 0 Å². The summed E-state index contributed by atoms with van der Waals surface area (Å²) in [5, 5.41) is 0. The monoisotopic (exact) mass is 336 g/mol. The molecule has 3 nitrogen and oxygen atoms in total. The first-order valence-electron chi connectivity index (χ1n) is 9.41. The van der Waals surface area contributed by atoms with Crippen molar-refractivity contribution in [1.82, 2.24) is 9.80 Å². The second kappa shape index (κ2) is 7.19. The molecule has 0 N–H and O–H groups in total. The van der Waals surface area contributed by atoms with E-state index in [-0.39, 0.29) is 0 Å². The fraction of sp³-hybridized carbons (Fsp3) is 0.455. The minimum Gasteiger partial charge on any atom is -0.496 e. The number of methoxy groups -OCH3 is 1. The Morgan fingerprint density at radius 2 is 1.80 bits per heavy atom. The van der Waals surface area contributed by atoms with E-state index in [0.29, 0.717) is 6.04 Å². The molecule has 0 amide bonds. The van der Waals surface area contributed by atoms with E-state index in [0.717, 1.165) is 31.9 Å². The highest BCUT2D eigenvalue weighted by Gasteiger charge is 2.26. The number of piperazine rings is 1. The Bertz CT molecular complexity index is 728. The molecule has 0 saturated carbocycles. The first-order valence-corrected chi connectivity index (χ1v) is 9.41. The van der Waals surface area contributed by atoms with Crippen molar-refractivity contribution in [3.05, 3.63) is 64.7 Å². The van der Waals surface area contributed by atoms with E-state index in [4.69, 9.17) is 4.74 Å². The van der Waals surface area contributed by atoms with Crippen LogP contribution in [0.3, 0.4) is 0 Å². The lowest BCUT2D eigenvalue weighted by molar-refractivity contribution is 0.0899. The number of rotatable bonds is 4. The maximum absolute atomic E-state index is 5.71. The summed E-state index contributed by atoms with van der Waals surface area (Å²) in [7, 11) is 4.04. The summed E-state index contributed by atoms with van der Waals surface area (Å²) in [5.74, 6) is 1.07. The Morgan fingerprint density at radius 3 is 2.56 bits per heavy atom. The summed E-state index contributed by atoms with van der Waals surface area (Å²) < 4.78 is 5.71. The second-order valence-corrected chi connectivity index (χ2v) is 7.43. The summed E-state index contributed by atoms with van der Waals surface area (Å²) >= 11 is 0. The number of hydrogen-bond donors (Lipinski definition) is 0. The van der Waals surface area contributed by atoms with Crippen LogP contribution in [0.5, 0.6) is 5.75 Å². The zero-order valence-corrected chi connectivity index (χ0v) is 15.4. The fourth-order valence-electron chi connectivity index (χ4n) is 4.32. The van der Waals surface area contributed by atoms with Gasteiger partial charge >= 0.3 is 0 Å². The molecule has 0 spiro atoms. The van der Waals surface area contributed by atoms with E-state index in [1.807, 2.05) is 0 Å². The number of nitrogens with zero attached hydrogens (tertiary/aromatic N) is 2. The van der Waals surface area contributed by atoms with Crippen LogP contribution in [0.15, 0.2) is 42.5 Å². The van der Waals surface area contributed by atoms with Crippen LogP contribution in [0.2, 0.25) is 0 Å². The Balaban J connectivity index is 1.53. The van der Waals surface area contributed by atoms with Gasteiger partial charge in [-0.2, -0.15) is 0 Å². The molecular formula is C22H28N2O. The molecule has 0 unspecified atom stereocenters. The summed E-state index contributed by atoms with van der Waals surface area (Å²) in [5.41, 5.74) is 5.78. The van der Waals surface area contributed by atoms with Gasteiger partial charge in [-0.15, -0.1) is 0 Å². The molecule has 2 aliphatic rings. The van der Waals surface area contributed by atoms with Crippen LogP contribution in [0.25, 0.3) is 0 Å². The number of aryl methyl sites for hydroxylation is 2. The molecule has 132 valence electrons. The summed E-state index contributed by atoms with van der Waals surface area (Å²) in [4.78, 5) is 5.06. The molecule has 2 aromatic rings. The van der Waals surface area contributed by atoms with E-state index in [2.05, 4.69) is 59.3 Å². The average Bonchev–Trinajstić information content (AvgIpc) is 3.10. The molecule has 4 rings (SSSR count). The van der Waals surface area contributed by atoms with Gasteiger partial charge in [-0.25, -0.2) is 0 Å². The molecular weight excluding hydrogens is 308 g/mol. The minimum atomic E-state index is 0.468. The van der Waals surface area contributed by atoms with Gasteiger partial charge in [0.25, 0.3) is 0 Å². The van der Waals surface area contributed by atoms with Gasteiger partial charge in [0.05, 0.1) is 7.11 Å². The van der Waals surface area contributed by atoms with Crippen molar-refractivity contribution in [1.29, 1.82) is 0 Å². The maximum atomic E-state index is 5.71. The van der Waals surface area contributed by atoms with Gasteiger partial charge in [0.15, 0.2) is 0 Å². The summed E-state index contributed by atoms with van der Waals surface area (Å²) in [6.07, 6.45) is 3.71. The third-order valence-corrected chi connectivity index (χ3v) is 5.81. The van der Waals surface area contributed by atoms with Crippen LogP contribution >= 0.6 is 0 Å². The molecule has 0 radical (unpaired) electrons. The largest absolute Gasteiger partial charge is 0.496 e. The number of likely N-dealkylation sites (N-methyl/N-ethyl adjacent to an activating group) is 1. The molecule has 1 aliphatic heterocycles. The lowest BCUT2D eigenvalue weighted by Gasteiger charge is -2.40. The minimum absolute atomic E-state index is 0.468. The Kier molecular flexibility index (Phi) is 4.78. The average molecular weight is 336 g/mol. The molecule has 25 heavy (non-hydrogen) atoms. The van der Waals surface area contributed by atoms with Crippen molar-refractivity contribution in [2.75, 3.05) is 33.8 Å². The van der Waals surface area contributed by atoms with Crippen LogP contribution in [0.4, 0.5) is 0 Å². The number of benzene rings is 2. The predicted octanol–water partition coefficient (Wildman–Crippen LogP) is 3.67. The van der Waals surface area contributed by atoms with Gasteiger partial charge in [-0.05, 0) is 49.1 Å². The summed E-state index contributed by atoms with van der Waals surface area (Å²) in [6.45, 7) is 4.27. The van der Waals surface area contributed by atoms with Crippen LogP contribution in [0.1, 0.15) is 34.7 Å². The first-order chi connectivity index (χ1) is 12.2. The summed E-state index contributed by atoms with van der Waals surface area (Å²) in [6, 6.07) is 16.0. The Labute approximate surface area is 151 Å². The molecule has 1 heterocycles. The molecule has 1 aliphatic carbocycles. The van der Waals surface area contributed by atoms with Gasteiger partial charge in [-0.1, -0.05) is 36.4 Å². The van der Waals surface area contributed by atoms with E-state index in [9.17, 15) is 0 Å². The number of hydrogen-bond acceptors (Lipinski definition) is 3. The zero-order valence-electron chi connectivity index (χ0n) is 15.4. The normalized spacial score (nSPS) is 21.3. The number of fused-ring (bicyclic) bond motifs is 1. The van der Waals surface area contributed by atoms with Crippen molar-refractivity contribution >= 4 is 0 Å². The third-order valence-electron chi connectivity index (χ3n) is 5.81. The zero-order chi connectivity index (χ0) is 17.2. The lowest BCUT2D eigenvalue weighted by atomic mass is 10.0. The first kappa shape index (κ1) is 16.6. The van der Waals surface area contributed by atoms with E-state index in [1.54, 1.807) is 7.11 Å². The second-order valence-electron chi connectivity index (χ2n) is 7.43. The number of ether oxygens (including phenoxy) is 1. The highest BCUT2D eigenvalue weighted by Crippen LogP contribution is 2.32. The standard InChI is InChI=1S/C22H28N2O/c1-23-11-12-24(16-21(23)17-7-4-3-5-8-17)15-20-13-18-9-6-10-19(18)14-22(20)25-2/h3-5,7-8,13-14,21H,6,9-12,15-16H2,1-2H3/t21-/m0/s1. The molecule has 0 bridgehead atoms. The predicted molar refractivity (Wildman–Crippen MR) is 102 cm³/mol. The van der Waals surface area contributed by atoms with Gasteiger partial charge in [-0.3, -0.25) is 9.80 Å². The molecule has 0 aromatic heterocycles. The van der Waals surface area contributed by atoms with Crippen molar-refractivity contribution < 1.29 is 4.74 Å². The van der Waals surface area contributed by atoms with Crippen LogP contribution in [-0.2, 0) is 19.4 Å². The lowest BCUT2D eigenvalue weighted by Crippen LogP contribution is -2.46. The maximum Gasteiger partial charge on any atom is 0.123 e. The molecule has 1 saturated heterocycles. The fourth-order valence-corrected chi connectivity index (χ4v) is 4.32. The Hall–Kier alpha value is -1.84. The topological polar surface area (TPSA) is 15.7 Å². The molecule has 2 aromatic carbocycles. The van der Waals surface area contributed by atoms with Gasteiger partial charge in [0.1, 0.15) is 5.75 Å². The van der Waals surface area contributed by atoms with E-state index >= 15 is 0 Å². The molecule has 3 heteroatoms. The van der Waals surface area contributed by atoms with Crippen molar-refractivity contribution in [2.45, 2.75) is 31.8 Å². The van der Waals surface area contributed by atoms with Crippen LogP contribution in [-0.4, -0.2) is 43.6 Å². The molecule has 1 fully saturated rings. The van der Waals surface area contributed by atoms with Crippen molar-refractivity contribution in [3.63, 3.8) is 0 Å². The van der Waals surface area contributed by atoms with Crippen LogP contribution in [0, 0.1) is 0 Å². The quantitative estimate of drug-likeness (QED) is 0.847. The smallest absolute Gasteiger partial charge is 0.123 e. The highest BCUT2D eigenvalue weighted by molar-refractivity contribution is 5.44. The SMILES string of the molecule is COc1cc2c(cc1CN1CCN(C)[C@H](c3ccccc3)C1)CCC2. The van der Waals surface area contributed by atoms with Crippen molar-refractivity contribution in [3.8, 4) is 5.75 Å². The van der Waals surface area contributed by atoms with Gasteiger partial charge in [0, 0.05) is 37.8 Å². The van der Waals surface area contributed by atoms with E-state index < -0.39 is 0 Å². The van der Waals surface area contributed by atoms with Crippen LogP contribution < -0.4 is 4.74 Å². The highest BCUT2D eigenvalue weighted by atomic mass is 16.5. The third kappa shape index (κ3) is 3.44. The Morgan fingerprint density at radius 1 is 1.04 bits per heavy atom. The van der Waals surface area contributed by atoms with Crippen molar-refractivity contribution in [2.24, 2.45) is 0 Å². The molecule has 1 atom stereocenters. The van der Waals surface area contributed by atoms with Gasteiger partial charge < -0.3 is 4.74 Å².